The molecule has 50 heavy (non-hydrogen) atoms. The average Bonchev–Trinajstić information content (AvgIpc) is 3.68. The third kappa shape index (κ3) is 6.32. The molecule has 0 aliphatic carbocycles. The van der Waals surface area contributed by atoms with Gasteiger partial charge < -0.3 is 20.1 Å². The molecule has 4 aromatic rings. The number of rotatable bonds is 10. The first kappa shape index (κ1) is 33.0. The van der Waals surface area contributed by atoms with Gasteiger partial charge in [-0.2, -0.15) is 0 Å². The van der Waals surface area contributed by atoms with Crippen LogP contribution in [-0.2, 0) is 16.1 Å². The molecule has 4 fully saturated rings. The molecule has 0 radical (unpaired) electrons. The smallest absolute Gasteiger partial charge is 0.220 e. The number of pyridine rings is 1. The van der Waals surface area contributed by atoms with Gasteiger partial charge in [0.25, 0.3) is 0 Å². The molecule has 2 spiro atoms. The maximum atomic E-state index is 11.7. The molecule has 3 aromatic carbocycles. The fourth-order valence-electron chi connectivity index (χ4n) is 7.99. The highest BCUT2D eigenvalue weighted by Crippen LogP contribution is 2.43. The lowest BCUT2D eigenvalue weighted by molar-refractivity contribution is -0.121. The number of likely N-dealkylation sites (tertiary alicyclic amines) is 2. The van der Waals surface area contributed by atoms with Gasteiger partial charge in [0.1, 0.15) is 12.4 Å². The van der Waals surface area contributed by atoms with Gasteiger partial charge in [0.05, 0.1) is 33.9 Å². The van der Waals surface area contributed by atoms with Gasteiger partial charge in [-0.05, 0) is 36.6 Å². The second-order valence-electron chi connectivity index (χ2n) is 14.1. The van der Waals surface area contributed by atoms with Gasteiger partial charge in [-0.15, -0.1) is 0 Å². The predicted octanol–water partition coefficient (Wildman–Crippen LogP) is 6.21. The molecule has 4 aliphatic rings. The Bertz CT molecular complexity index is 1960. The van der Waals surface area contributed by atoms with Gasteiger partial charge in [0.2, 0.25) is 17.7 Å². The Balaban J connectivity index is 0.939. The van der Waals surface area contributed by atoms with Crippen LogP contribution in [0.3, 0.4) is 0 Å². The van der Waals surface area contributed by atoms with Gasteiger partial charge >= 0.3 is 0 Å². The van der Waals surface area contributed by atoms with Gasteiger partial charge in [0.15, 0.2) is 0 Å². The molecule has 0 bridgehead atoms. The van der Waals surface area contributed by atoms with Crippen molar-refractivity contribution in [2.75, 3.05) is 46.4 Å². The zero-order chi connectivity index (χ0) is 34.5. The molecule has 258 valence electrons. The van der Waals surface area contributed by atoms with Crippen molar-refractivity contribution in [3.63, 3.8) is 0 Å². The molecule has 1 aromatic heterocycles. The Morgan fingerprint density at radius 2 is 1.32 bits per heavy atom. The summed E-state index contributed by atoms with van der Waals surface area (Å²) in [6, 6.07) is 23.9. The normalized spacial score (nSPS) is 19.3. The summed E-state index contributed by atoms with van der Waals surface area (Å²) < 4.78 is 11.8. The van der Waals surface area contributed by atoms with Crippen LogP contribution in [-0.4, -0.2) is 84.1 Å². The van der Waals surface area contributed by atoms with E-state index in [9.17, 15) is 9.59 Å². The van der Waals surface area contributed by atoms with Crippen molar-refractivity contribution in [2.45, 2.75) is 43.3 Å². The van der Waals surface area contributed by atoms with Crippen LogP contribution in [0.2, 0.25) is 10.0 Å². The SMILES string of the molecule is COc1nc(-c2cccc(-c3cccc(-c4ccc(OCCN5CC6(CCC(=O)N6)C5)cc4)c3Cl)c2Cl)ccc1CN1CC2(CCC(=O)N2)C1. The second kappa shape index (κ2) is 13.2. The summed E-state index contributed by atoms with van der Waals surface area (Å²) >= 11 is 14.2. The third-order valence-electron chi connectivity index (χ3n) is 10.5. The quantitative estimate of drug-likeness (QED) is 0.202. The van der Waals surface area contributed by atoms with Gasteiger partial charge in [-0.25, -0.2) is 4.98 Å². The van der Waals surface area contributed by atoms with Crippen LogP contribution in [0.15, 0.2) is 72.8 Å². The molecule has 0 saturated carbocycles. The van der Waals surface area contributed by atoms with Crippen molar-refractivity contribution < 1.29 is 19.1 Å². The fourth-order valence-corrected chi connectivity index (χ4v) is 8.65. The van der Waals surface area contributed by atoms with Crippen molar-refractivity contribution in [3.8, 4) is 45.1 Å². The van der Waals surface area contributed by atoms with Crippen LogP contribution in [0.1, 0.15) is 31.2 Å². The standard InChI is InChI=1S/C39H39Cl2N5O4/c1-49-37-26(20-46-23-39(24-46)17-15-34(48)44-39)10-13-32(42-37)31-7-3-6-30(36(31)41)29-5-2-4-28(35(29)40)25-8-11-27(12-9-25)50-19-18-45-21-38(22-45)16-14-33(47)43-38/h2-13H,14-24H2,1H3,(H,43,47)(H,44,48). The Morgan fingerprint density at radius 1 is 0.740 bits per heavy atom. The van der Waals surface area contributed by atoms with Crippen LogP contribution in [0.25, 0.3) is 33.5 Å². The lowest BCUT2D eigenvalue weighted by Gasteiger charge is -2.48. The number of benzene rings is 3. The molecule has 4 saturated heterocycles. The molecule has 5 heterocycles. The van der Waals surface area contributed by atoms with E-state index in [2.05, 4.69) is 20.4 Å². The maximum Gasteiger partial charge on any atom is 0.220 e. The lowest BCUT2D eigenvalue weighted by atomic mass is 9.88. The largest absolute Gasteiger partial charge is 0.492 e. The number of hydrogen-bond donors (Lipinski definition) is 2. The number of hydrogen-bond acceptors (Lipinski definition) is 7. The number of carbonyl (C=O) groups excluding carboxylic acids is 2. The minimum atomic E-state index is -0.0710. The van der Waals surface area contributed by atoms with E-state index in [1.54, 1.807) is 7.11 Å². The summed E-state index contributed by atoms with van der Waals surface area (Å²) in [5.74, 6) is 1.66. The van der Waals surface area contributed by atoms with Crippen LogP contribution >= 0.6 is 23.2 Å². The van der Waals surface area contributed by atoms with E-state index in [0.29, 0.717) is 47.6 Å². The summed E-state index contributed by atoms with van der Waals surface area (Å²) in [4.78, 5) is 32.8. The van der Waals surface area contributed by atoms with E-state index in [1.165, 1.54) is 0 Å². The molecule has 2 N–H and O–H groups in total. The molecular weight excluding hydrogens is 673 g/mol. The highest BCUT2D eigenvalue weighted by atomic mass is 35.5. The van der Waals surface area contributed by atoms with Crippen molar-refractivity contribution in [1.29, 1.82) is 0 Å². The third-order valence-corrected chi connectivity index (χ3v) is 11.3. The molecule has 0 atom stereocenters. The van der Waals surface area contributed by atoms with E-state index in [4.69, 9.17) is 37.7 Å². The van der Waals surface area contributed by atoms with E-state index >= 15 is 0 Å². The zero-order valence-electron chi connectivity index (χ0n) is 27.9. The maximum absolute atomic E-state index is 11.7. The molecule has 4 aliphatic heterocycles. The fraction of sp³-hybridized carbons (Fsp3) is 0.359. The molecule has 0 unspecified atom stereocenters. The van der Waals surface area contributed by atoms with Crippen LogP contribution in [0.4, 0.5) is 0 Å². The summed E-state index contributed by atoms with van der Waals surface area (Å²) in [5, 5.41) is 7.43. The first-order chi connectivity index (χ1) is 24.2. The number of nitrogens with zero attached hydrogens (tertiary/aromatic N) is 3. The summed E-state index contributed by atoms with van der Waals surface area (Å²) in [6.07, 6.45) is 3.06. The number of methoxy groups -OCH3 is 1. The first-order valence-electron chi connectivity index (χ1n) is 17.1. The van der Waals surface area contributed by atoms with Gasteiger partial charge in [-0.3, -0.25) is 19.4 Å². The Morgan fingerprint density at radius 3 is 1.92 bits per heavy atom. The Hall–Kier alpha value is -4.15. The predicted molar refractivity (Wildman–Crippen MR) is 195 cm³/mol. The minimum Gasteiger partial charge on any atom is -0.492 e. The zero-order valence-corrected chi connectivity index (χ0v) is 29.4. The van der Waals surface area contributed by atoms with E-state index in [1.807, 2.05) is 72.8 Å². The minimum absolute atomic E-state index is 0.00947. The summed E-state index contributed by atoms with van der Waals surface area (Å²) in [6.45, 7) is 5.54. The number of halogens is 2. The summed E-state index contributed by atoms with van der Waals surface area (Å²) in [7, 11) is 1.63. The molecular formula is C39H39Cl2N5O4. The lowest BCUT2D eigenvalue weighted by Crippen LogP contribution is -2.67. The van der Waals surface area contributed by atoms with Gasteiger partial charge in [0, 0.05) is 79.9 Å². The highest BCUT2D eigenvalue weighted by molar-refractivity contribution is 6.39. The van der Waals surface area contributed by atoms with Gasteiger partial charge in [-0.1, -0.05) is 77.8 Å². The highest BCUT2D eigenvalue weighted by Gasteiger charge is 2.48. The second-order valence-corrected chi connectivity index (χ2v) is 14.8. The van der Waals surface area contributed by atoms with Crippen molar-refractivity contribution in [1.82, 2.24) is 25.4 Å². The molecule has 11 heteroatoms. The van der Waals surface area contributed by atoms with E-state index < -0.39 is 0 Å². The van der Waals surface area contributed by atoms with E-state index in [0.717, 1.165) is 84.7 Å². The first-order valence-corrected chi connectivity index (χ1v) is 17.9. The van der Waals surface area contributed by atoms with Crippen molar-refractivity contribution in [3.05, 3.63) is 88.4 Å². The number of carbonyl (C=O) groups is 2. The number of amides is 2. The monoisotopic (exact) mass is 711 g/mol. The molecule has 2 amide bonds. The number of nitrogens with one attached hydrogen (secondary N) is 2. The number of aromatic nitrogens is 1. The number of ether oxygens (including phenoxy) is 2. The molecule has 9 nitrogen and oxygen atoms in total. The van der Waals surface area contributed by atoms with Crippen LogP contribution in [0, 0.1) is 0 Å². The Kier molecular flexibility index (Phi) is 8.71. The van der Waals surface area contributed by atoms with Crippen LogP contribution in [0.5, 0.6) is 11.6 Å². The Labute approximate surface area is 301 Å². The summed E-state index contributed by atoms with van der Waals surface area (Å²) in [5.41, 5.74) is 5.92. The van der Waals surface area contributed by atoms with Crippen molar-refractivity contribution >= 4 is 35.0 Å². The van der Waals surface area contributed by atoms with Crippen molar-refractivity contribution in [2.24, 2.45) is 0 Å². The van der Waals surface area contributed by atoms with Crippen LogP contribution < -0.4 is 20.1 Å². The van der Waals surface area contributed by atoms with E-state index in [-0.39, 0.29) is 22.9 Å². The molecule has 8 rings (SSSR count). The topological polar surface area (TPSA) is 96.0 Å². The average molecular weight is 713 g/mol.